The number of unbranched alkanes of at least 4 members (excludes halogenated alkanes) is 2. The molecule has 1 nitrogen and oxygen atoms in total. The van der Waals surface area contributed by atoms with E-state index < -0.39 is 15.2 Å². The fourth-order valence-electron chi connectivity index (χ4n) is 0.478. The van der Waals surface area contributed by atoms with E-state index >= 15 is 0 Å². The van der Waals surface area contributed by atoms with Gasteiger partial charge in [-0.1, -0.05) is 0 Å². The Morgan fingerprint density at radius 3 is 2.57 bits per heavy atom. The molecule has 2 heteroatoms. The Balaban J connectivity index is 2.56. The van der Waals surface area contributed by atoms with Crippen LogP contribution in [0.25, 0.3) is 0 Å². The standard InChI is InChI=1S/C5H11.Al.O/c1-3-5-4-2;;/h1,3-5H2,2H3;;. The summed E-state index contributed by atoms with van der Waals surface area (Å²) in [5.74, 6) is 0. The van der Waals surface area contributed by atoms with Crippen molar-refractivity contribution in [2.45, 2.75) is 31.5 Å². The second-order valence-corrected chi connectivity index (χ2v) is 2.57. The van der Waals surface area contributed by atoms with Crippen molar-refractivity contribution >= 4 is 15.2 Å². The number of hydrogen-bond acceptors (Lipinski definition) is 1. The molecule has 0 saturated carbocycles. The molecule has 0 heterocycles. The second-order valence-electron chi connectivity index (χ2n) is 1.66. The molecular weight excluding hydrogens is 103 g/mol. The van der Waals surface area contributed by atoms with Crippen LogP contribution in [0.3, 0.4) is 0 Å². The van der Waals surface area contributed by atoms with Crippen molar-refractivity contribution in [1.29, 1.82) is 0 Å². The molecule has 0 spiro atoms. The first kappa shape index (κ1) is 7.33. The van der Waals surface area contributed by atoms with Crippen LogP contribution in [-0.2, 0) is 3.80 Å². The van der Waals surface area contributed by atoms with Crippen molar-refractivity contribution in [1.82, 2.24) is 0 Å². The van der Waals surface area contributed by atoms with E-state index in [1.807, 2.05) is 0 Å². The molecule has 0 fully saturated rings. The number of rotatable bonds is 4. The third-order valence-corrected chi connectivity index (χ3v) is 1.57. The molecule has 0 bridgehead atoms. The first-order chi connectivity index (χ1) is 3.41. The van der Waals surface area contributed by atoms with Gasteiger partial charge < -0.3 is 0 Å². The zero-order valence-corrected chi connectivity index (χ0v) is 5.97. The molecule has 0 aliphatic heterocycles. The van der Waals surface area contributed by atoms with Gasteiger partial charge in [0.1, 0.15) is 0 Å². The van der Waals surface area contributed by atoms with Gasteiger partial charge in [-0.15, -0.1) is 0 Å². The summed E-state index contributed by atoms with van der Waals surface area (Å²) in [4.78, 5) is 0. The van der Waals surface area contributed by atoms with Gasteiger partial charge in [-0.25, -0.2) is 0 Å². The monoisotopic (exact) mass is 114 g/mol. The molecule has 0 aliphatic rings. The summed E-state index contributed by atoms with van der Waals surface area (Å²) >= 11 is -0.469. The van der Waals surface area contributed by atoms with Crippen LogP contribution >= 0.6 is 0 Å². The van der Waals surface area contributed by atoms with E-state index in [4.69, 9.17) is 0 Å². The van der Waals surface area contributed by atoms with E-state index in [9.17, 15) is 3.80 Å². The topological polar surface area (TPSA) is 17.1 Å². The summed E-state index contributed by atoms with van der Waals surface area (Å²) in [6.45, 7) is 2.15. The average Bonchev–Trinajstić information content (AvgIpc) is 1.69. The van der Waals surface area contributed by atoms with Crippen LogP contribution < -0.4 is 0 Å². The Kier molecular flexibility index (Phi) is 6.63. The van der Waals surface area contributed by atoms with Gasteiger partial charge >= 0.3 is 50.4 Å². The zero-order chi connectivity index (χ0) is 5.54. The first-order valence-electron chi connectivity index (χ1n) is 2.85. The summed E-state index contributed by atoms with van der Waals surface area (Å²) in [6, 6.07) is 0. The molecule has 0 N–H and O–H groups in total. The number of hydrogen-bond donors (Lipinski definition) is 0. The minimum atomic E-state index is -0.469. The fraction of sp³-hybridized carbons (Fsp3) is 1.00. The van der Waals surface area contributed by atoms with E-state index in [-0.39, 0.29) is 0 Å². The van der Waals surface area contributed by atoms with Crippen LogP contribution in [0.2, 0.25) is 5.28 Å². The van der Waals surface area contributed by atoms with Crippen molar-refractivity contribution in [3.05, 3.63) is 0 Å². The minimum absolute atomic E-state index is 0.469. The quantitative estimate of drug-likeness (QED) is 0.401. The Hall–Kier alpha value is 0.332. The third kappa shape index (κ3) is 6.33. The predicted molar refractivity (Wildman–Crippen MR) is 30.8 cm³/mol. The molecule has 0 radical (unpaired) electrons. The average molecular weight is 114 g/mol. The Bertz CT molecular complexity index is 45.3. The summed E-state index contributed by atoms with van der Waals surface area (Å²) in [5, 5.41) is 0.952. The Labute approximate surface area is 51.0 Å². The molecule has 0 saturated heterocycles. The molecule has 0 unspecified atom stereocenters. The van der Waals surface area contributed by atoms with Crippen molar-refractivity contribution < 1.29 is 3.80 Å². The Morgan fingerprint density at radius 2 is 2.14 bits per heavy atom. The van der Waals surface area contributed by atoms with Gasteiger partial charge in [0.25, 0.3) is 0 Å². The summed E-state index contributed by atoms with van der Waals surface area (Å²) in [5.41, 5.74) is 0. The molecule has 7 heavy (non-hydrogen) atoms. The maximum absolute atomic E-state index is 9.89. The van der Waals surface area contributed by atoms with Crippen molar-refractivity contribution in [2.24, 2.45) is 0 Å². The molecule has 0 aliphatic carbocycles. The van der Waals surface area contributed by atoms with E-state index in [1.165, 1.54) is 12.8 Å². The van der Waals surface area contributed by atoms with Gasteiger partial charge in [-0.3, -0.25) is 0 Å². The van der Waals surface area contributed by atoms with Gasteiger partial charge in [0.2, 0.25) is 0 Å². The SMILES string of the molecule is CCCC[CH2][Al]=[O]. The molecule has 0 atom stereocenters. The van der Waals surface area contributed by atoms with Crippen LogP contribution in [-0.4, -0.2) is 15.2 Å². The van der Waals surface area contributed by atoms with E-state index in [1.54, 1.807) is 0 Å². The maximum atomic E-state index is 9.89. The van der Waals surface area contributed by atoms with Gasteiger partial charge in [0.15, 0.2) is 0 Å². The zero-order valence-electron chi connectivity index (χ0n) is 4.81. The van der Waals surface area contributed by atoms with Gasteiger partial charge in [-0.2, -0.15) is 0 Å². The van der Waals surface area contributed by atoms with Crippen LogP contribution in [0.1, 0.15) is 26.2 Å². The first-order valence-corrected chi connectivity index (χ1v) is 4.14. The normalized spacial score (nSPS) is 8.14. The molecular formula is C5H11AlO. The summed E-state index contributed by atoms with van der Waals surface area (Å²) in [7, 11) is 0. The molecule has 0 aromatic rings. The summed E-state index contributed by atoms with van der Waals surface area (Å²) in [6.07, 6.45) is 3.64. The molecule has 40 valence electrons. The predicted octanol–water partition coefficient (Wildman–Crippen LogP) is 1.64. The molecule has 0 amide bonds. The van der Waals surface area contributed by atoms with Gasteiger partial charge in [-0.05, 0) is 0 Å². The molecule has 0 rings (SSSR count). The van der Waals surface area contributed by atoms with Gasteiger partial charge in [0.05, 0.1) is 0 Å². The Morgan fingerprint density at radius 1 is 1.43 bits per heavy atom. The molecule has 0 aromatic carbocycles. The van der Waals surface area contributed by atoms with Crippen molar-refractivity contribution in [2.75, 3.05) is 0 Å². The van der Waals surface area contributed by atoms with E-state index in [2.05, 4.69) is 6.92 Å². The molecule has 0 aromatic heterocycles. The van der Waals surface area contributed by atoms with Crippen LogP contribution in [0.15, 0.2) is 0 Å². The van der Waals surface area contributed by atoms with Crippen LogP contribution in [0, 0.1) is 0 Å². The second kappa shape index (κ2) is 6.33. The van der Waals surface area contributed by atoms with Crippen LogP contribution in [0.5, 0.6) is 0 Å². The fourth-order valence-corrected chi connectivity index (χ4v) is 0.933. The van der Waals surface area contributed by atoms with Crippen LogP contribution in [0.4, 0.5) is 0 Å². The third-order valence-electron chi connectivity index (χ3n) is 0.926. The van der Waals surface area contributed by atoms with E-state index in [0.29, 0.717) is 0 Å². The van der Waals surface area contributed by atoms with E-state index in [0.717, 1.165) is 11.7 Å². The van der Waals surface area contributed by atoms with Crippen molar-refractivity contribution in [3.63, 3.8) is 0 Å². The van der Waals surface area contributed by atoms with Gasteiger partial charge in [0, 0.05) is 0 Å². The summed E-state index contributed by atoms with van der Waals surface area (Å²) < 4.78 is 9.89. The van der Waals surface area contributed by atoms with Crippen molar-refractivity contribution in [3.8, 4) is 0 Å².